The second-order valence-corrected chi connectivity index (χ2v) is 6.05. The van der Waals surface area contributed by atoms with Crippen molar-refractivity contribution in [3.63, 3.8) is 0 Å². The summed E-state index contributed by atoms with van der Waals surface area (Å²) in [5, 5.41) is 0. The van der Waals surface area contributed by atoms with Gasteiger partial charge in [-0.1, -0.05) is 42.8 Å². The standard InChI is InChI=1S/C20H23NO2/c1-3-19(23-17-12-10-15(2)11-13-17)20(22)21-14-6-8-16-7-4-5-9-18(16)21/h4-5,7,9-13,19H,3,6,8,14H2,1-2H3/t19-/m0/s1. The van der Waals surface area contributed by atoms with Gasteiger partial charge in [-0.25, -0.2) is 0 Å². The quantitative estimate of drug-likeness (QED) is 0.850. The summed E-state index contributed by atoms with van der Waals surface area (Å²) in [7, 11) is 0. The Hall–Kier alpha value is -2.29. The molecule has 2 aromatic carbocycles. The molecule has 0 spiro atoms. The monoisotopic (exact) mass is 309 g/mol. The third-order valence-corrected chi connectivity index (χ3v) is 4.32. The van der Waals surface area contributed by atoms with E-state index in [9.17, 15) is 4.79 Å². The Kier molecular flexibility index (Phi) is 4.65. The van der Waals surface area contributed by atoms with Crippen molar-refractivity contribution in [2.45, 2.75) is 39.2 Å². The van der Waals surface area contributed by atoms with Crippen LogP contribution in [0.3, 0.4) is 0 Å². The summed E-state index contributed by atoms with van der Waals surface area (Å²) in [6.45, 7) is 4.80. The van der Waals surface area contributed by atoms with Crippen LogP contribution in [-0.4, -0.2) is 18.6 Å². The fourth-order valence-corrected chi connectivity index (χ4v) is 3.03. The summed E-state index contributed by atoms with van der Waals surface area (Å²) in [5.41, 5.74) is 3.47. The molecule has 0 saturated heterocycles. The van der Waals surface area contributed by atoms with Crippen molar-refractivity contribution in [1.29, 1.82) is 0 Å². The van der Waals surface area contributed by atoms with Crippen LogP contribution in [0.2, 0.25) is 0 Å². The zero-order valence-electron chi connectivity index (χ0n) is 13.8. The minimum absolute atomic E-state index is 0.0558. The van der Waals surface area contributed by atoms with Gasteiger partial charge in [-0.05, 0) is 49.9 Å². The third kappa shape index (κ3) is 3.39. The van der Waals surface area contributed by atoms with E-state index in [0.29, 0.717) is 6.42 Å². The van der Waals surface area contributed by atoms with Gasteiger partial charge in [0.15, 0.2) is 6.10 Å². The van der Waals surface area contributed by atoms with Gasteiger partial charge in [0, 0.05) is 12.2 Å². The number of hydrogen-bond acceptors (Lipinski definition) is 2. The maximum absolute atomic E-state index is 13.0. The average Bonchev–Trinajstić information content (AvgIpc) is 2.60. The summed E-state index contributed by atoms with van der Waals surface area (Å²) >= 11 is 0. The largest absolute Gasteiger partial charge is 0.481 e. The van der Waals surface area contributed by atoms with E-state index in [1.165, 1.54) is 11.1 Å². The minimum atomic E-state index is -0.441. The van der Waals surface area contributed by atoms with E-state index >= 15 is 0 Å². The van der Waals surface area contributed by atoms with E-state index in [1.54, 1.807) is 0 Å². The lowest BCUT2D eigenvalue weighted by molar-refractivity contribution is -0.125. The fourth-order valence-electron chi connectivity index (χ4n) is 3.03. The normalized spacial score (nSPS) is 15.0. The third-order valence-electron chi connectivity index (χ3n) is 4.32. The number of carbonyl (C=O) groups excluding carboxylic acids is 1. The number of aryl methyl sites for hydroxylation is 2. The predicted octanol–water partition coefficient (Wildman–Crippen LogP) is 4.13. The Bertz CT molecular complexity index is 678. The zero-order chi connectivity index (χ0) is 16.2. The van der Waals surface area contributed by atoms with Crippen LogP contribution in [0.5, 0.6) is 5.75 Å². The van der Waals surface area contributed by atoms with Crippen molar-refractivity contribution in [3.8, 4) is 5.75 Å². The molecule has 0 aliphatic carbocycles. The summed E-state index contributed by atoms with van der Waals surface area (Å²) in [6, 6.07) is 16.0. The van der Waals surface area contributed by atoms with Crippen LogP contribution in [0, 0.1) is 6.92 Å². The highest BCUT2D eigenvalue weighted by atomic mass is 16.5. The second-order valence-electron chi connectivity index (χ2n) is 6.05. The first-order valence-electron chi connectivity index (χ1n) is 8.31. The van der Waals surface area contributed by atoms with Crippen molar-refractivity contribution in [2.24, 2.45) is 0 Å². The minimum Gasteiger partial charge on any atom is -0.481 e. The molecule has 0 aromatic heterocycles. The molecule has 0 bridgehead atoms. The van der Waals surface area contributed by atoms with Gasteiger partial charge >= 0.3 is 0 Å². The molecule has 0 radical (unpaired) electrons. The molecule has 0 unspecified atom stereocenters. The molecule has 23 heavy (non-hydrogen) atoms. The second kappa shape index (κ2) is 6.86. The molecule has 120 valence electrons. The molecule has 0 saturated carbocycles. The molecule has 1 heterocycles. The van der Waals surface area contributed by atoms with Gasteiger partial charge in [-0.3, -0.25) is 4.79 Å². The molecule has 1 amide bonds. The van der Waals surface area contributed by atoms with Gasteiger partial charge < -0.3 is 9.64 Å². The molecule has 3 heteroatoms. The molecule has 0 fully saturated rings. The first-order valence-corrected chi connectivity index (χ1v) is 8.31. The zero-order valence-corrected chi connectivity index (χ0v) is 13.8. The van der Waals surface area contributed by atoms with E-state index in [0.717, 1.165) is 30.8 Å². The lowest BCUT2D eigenvalue weighted by Crippen LogP contribution is -2.44. The fraction of sp³-hybridized carbons (Fsp3) is 0.350. The van der Waals surface area contributed by atoms with Crippen LogP contribution < -0.4 is 9.64 Å². The van der Waals surface area contributed by atoms with E-state index in [-0.39, 0.29) is 5.91 Å². The van der Waals surface area contributed by atoms with Crippen LogP contribution in [0.4, 0.5) is 5.69 Å². The average molecular weight is 309 g/mol. The lowest BCUT2D eigenvalue weighted by Gasteiger charge is -2.32. The highest BCUT2D eigenvalue weighted by Gasteiger charge is 2.28. The Balaban J connectivity index is 1.79. The number of rotatable bonds is 4. The van der Waals surface area contributed by atoms with Gasteiger partial charge in [0.05, 0.1) is 0 Å². The molecule has 1 aliphatic rings. The summed E-state index contributed by atoms with van der Waals surface area (Å²) in [6.07, 6.45) is 2.26. The number of nitrogens with zero attached hydrogens (tertiary/aromatic N) is 1. The molecule has 0 N–H and O–H groups in total. The van der Waals surface area contributed by atoms with Gasteiger partial charge in [-0.15, -0.1) is 0 Å². The van der Waals surface area contributed by atoms with Crippen molar-refractivity contribution in [2.75, 3.05) is 11.4 Å². The number of ether oxygens (including phenoxy) is 1. The number of amides is 1. The van der Waals surface area contributed by atoms with Crippen LogP contribution in [0.1, 0.15) is 30.9 Å². The van der Waals surface area contributed by atoms with Gasteiger partial charge in [0.25, 0.3) is 5.91 Å². The SMILES string of the molecule is CC[C@H](Oc1ccc(C)cc1)C(=O)N1CCCc2ccccc21. The van der Waals surface area contributed by atoms with E-state index in [1.807, 2.05) is 61.2 Å². The molecule has 1 atom stereocenters. The summed E-state index contributed by atoms with van der Waals surface area (Å²) in [5.74, 6) is 0.807. The van der Waals surface area contributed by atoms with Crippen molar-refractivity contribution < 1.29 is 9.53 Å². The number of hydrogen-bond donors (Lipinski definition) is 0. The molecular formula is C20H23NO2. The highest BCUT2D eigenvalue weighted by Crippen LogP contribution is 2.28. The number of anilines is 1. The highest BCUT2D eigenvalue weighted by molar-refractivity contribution is 5.97. The summed E-state index contributed by atoms with van der Waals surface area (Å²) < 4.78 is 5.96. The maximum atomic E-state index is 13.0. The van der Waals surface area contributed by atoms with Crippen LogP contribution in [0.15, 0.2) is 48.5 Å². The smallest absolute Gasteiger partial charge is 0.268 e. The van der Waals surface area contributed by atoms with Crippen molar-refractivity contribution in [3.05, 3.63) is 59.7 Å². The molecule has 3 nitrogen and oxygen atoms in total. The number of benzene rings is 2. The first kappa shape index (κ1) is 15.6. The van der Waals surface area contributed by atoms with Crippen LogP contribution in [0.25, 0.3) is 0 Å². The number of fused-ring (bicyclic) bond motifs is 1. The Morgan fingerprint density at radius 3 is 2.65 bits per heavy atom. The maximum Gasteiger partial charge on any atom is 0.268 e. The van der Waals surface area contributed by atoms with E-state index in [2.05, 4.69) is 6.07 Å². The summed E-state index contributed by atoms with van der Waals surface area (Å²) in [4.78, 5) is 14.9. The predicted molar refractivity (Wildman–Crippen MR) is 93.0 cm³/mol. The Morgan fingerprint density at radius 1 is 1.17 bits per heavy atom. The Labute approximate surface area is 137 Å². The first-order chi connectivity index (χ1) is 11.2. The molecule has 2 aromatic rings. The number of carbonyl (C=O) groups is 1. The van der Waals surface area contributed by atoms with Crippen molar-refractivity contribution in [1.82, 2.24) is 0 Å². The topological polar surface area (TPSA) is 29.5 Å². The number of para-hydroxylation sites is 1. The van der Waals surface area contributed by atoms with Crippen molar-refractivity contribution >= 4 is 11.6 Å². The van der Waals surface area contributed by atoms with E-state index in [4.69, 9.17) is 4.74 Å². The Morgan fingerprint density at radius 2 is 1.91 bits per heavy atom. The van der Waals surface area contributed by atoms with E-state index < -0.39 is 6.10 Å². The van der Waals surface area contributed by atoms with Crippen LogP contribution >= 0.6 is 0 Å². The molecular weight excluding hydrogens is 286 g/mol. The van der Waals surface area contributed by atoms with Gasteiger partial charge in [0.2, 0.25) is 0 Å². The van der Waals surface area contributed by atoms with Crippen LogP contribution in [-0.2, 0) is 11.2 Å². The lowest BCUT2D eigenvalue weighted by atomic mass is 10.0. The van der Waals surface area contributed by atoms with Gasteiger partial charge in [-0.2, -0.15) is 0 Å². The van der Waals surface area contributed by atoms with Gasteiger partial charge in [0.1, 0.15) is 5.75 Å². The molecule has 3 rings (SSSR count). The molecule has 1 aliphatic heterocycles.